The van der Waals surface area contributed by atoms with E-state index in [0.717, 1.165) is 13.8 Å². The summed E-state index contributed by atoms with van der Waals surface area (Å²) in [6.07, 6.45) is -42.2. The molecular weight excluding hydrogens is 852 g/mol. The molecule has 25 atom stereocenters. The lowest BCUT2D eigenvalue weighted by molar-refractivity contribution is -0.384. The largest absolute Gasteiger partial charge is 0.394 e. The molecule has 5 aliphatic heterocycles. The molecule has 0 aliphatic carbocycles. The number of ether oxygens (including phenoxy) is 9. The summed E-state index contributed by atoms with van der Waals surface area (Å²) in [6.45, 7) is -2.53. The summed E-state index contributed by atoms with van der Waals surface area (Å²) in [5.41, 5.74) is 0. The van der Waals surface area contributed by atoms with Gasteiger partial charge in [-0.05, 0) is 0 Å². The fraction of sp³-hybridized carbons (Fsp3) is 0.941. The van der Waals surface area contributed by atoms with Crippen molar-refractivity contribution in [1.29, 1.82) is 0 Å². The minimum absolute atomic E-state index is 0.726. The van der Waals surface area contributed by atoms with Gasteiger partial charge in [-0.2, -0.15) is 0 Å². The Hall–Kier alpha value is -2.02. The molecule has 0 bridgehead atoms. The number of hydrogen-bond acceptors (Lipinski definition) is 26. The Kier molecular flexibility index (Phi) is 18.1. The molecule has 5 rings (SSSR count). The van der Waals surface area contributed by atoms with Crippen molar-refractivity contribution in [2.75, 3.05) is 33.0 Å². The summed E-state index contributed by atoms with van der Waals surface area (Å²) in [4.78, 5) is 24.4. The molecule has 5 aliphatic rings. The summed E-state index contributed by atoms with van der Waals surface area (Å²) in [7, 11) is 0. The van der Waals surface area contributed by atoms with Crippen molar-refractivity contribution in [3.63, 3.8) is 0 Å². The van der Waals surface area contributed by atoms with Gasteiger partial charge in [0.2, 0.25) is 11.8 Å². The second kappa shape index (κ2) is 22.0. The Labute approximate surface area is 351 Å². The fourth-order valence-electron chi connectivity index (χ4n) is 7.83. The molecule has 2 amide bonds. The highest BCUT2D eigenvalue weighted by Crippen LogP contribution is 2.35. The van der Waals surface area contributed by atoms with Crippen LogP contribution >= 0.6 is 0 Å². The molecule has 5 fully saturated rings. The predicted octanol–water partition coefficient (Wildman–Crippen LogP) is -11.6. The van der Waals surface area contributed by atoms with Gasteiger partial charge in [0.05, 0.1) is 33.0 Å². The van der Waals surface area contributed by atoms with E-state index in [-0.39, 0.29) is 0 Å². The number of carbonyl (C=O) groups excluding carboxylic acids is 2. The number of aliphatic hydroxyl groups is 15. The van der Waals surface area contributed by atoms with E-state index < -0.39 is 198 Å². The molecule has 5 saturated heterocycles. The van der Waals surface area contributed by atoms with Gasteiger partial charge < -0.3 is 130 Å². The van der Waals surface area contributed by atoms with E-state index in [1.807, 2.05) is 0 Å². The van der Waals surface area contributed by atoms with E-state index in [0.29, 0.717) is 0 Å². The topological polar surface area (TPSA) is 445 Å². The van der Waals surface area contributed by atoms with Crippen LogP contribution in [0.15, 0.2) is 0 Å². The third kappa shape index (κ3) is 10.8. The third-order valence-corrected chi connectivity index (χ3v) is 11.1. The summed E-state index contributed by atoms with van der Waals surface area (Å²) >= 11 is 0. The molecule has 0 radical (unpaired) electrons. The molecule has 0 spiro atoms. The average molecular weight is 911 g/mol. The van der Waals surface area contributed by atoms with Crippen LogP contribution in [0.5, 0.6) is 0 Å². The van der Waals surface area contributed by atoms with Gasteiger partial charge in [-0.25, -0.2) is 0 Å². The highest BCUT2D eigenvalue weighted by atomic mass is 16.8. The van der Waals surface area contributed by atoms with Crippen LogP contribution in [0, 0.1) is 0 Å². The Morgan fingerprint density at radius 2 is 0.726 bits per heavy atom. The Morgan fingerprint density at radius 1 is 0.387 bits per heavy atom. The van der Waals surface area contributed by atoms with Gasteiger partial charge >= 0.3 is 0 Å². The number of aliphatic hydroxyl groups excluding tert-OH is 15. The van der Waals surface area contributed by atoms with E-state index in [4.69, 9.17) is 42.6 Å². The first-order valence-electron chi connectivity index (χ1n) is 19.6. The smallest absolute Gasteiger partial charge is 0.217 e. The highest BCUT2D eigenvalue weighted by Gasteiger charge is 2.57. The van der Waals surface area contributed by atoms with Gasteiger partial charge in [-0.3, -0.25) is 9.59 Å². The van der Waals surface area contributed by atoms with Gasteiger partial charge in [-0.1, -0.05) is 0 Å². The molecule has 0 aromatic heterocycles. The van der Waals surface area contributed by atoms with Crippen molar-refractivity contribution in [3.05, 3.63) is 0 Å². The molecule has 28 heteroatoms. The summed E-state index contributed by atoms with van der Waals surface area (Å²) in [6, 6.07) is -3.28. The van der Waals surface area contributed by atoms with E-state index >= 15 is 0 Å². The predicted molar refractivity (Wildman–Crippen MR) is 190 cm³/mol. The standard InChI is InChI=1S/C34H58N2O26/c1-8(42)35-15-20(47)17(44)10(3-37)55-31(15)61-28-18(45)11(4-38)56-33(24(28)51)59-26-14(7-41)58-32(16(21(26)48)36-9(2)43)62-29-19(46)12(5-39)57-34(25(29)52)60-27-13(6-40)54-30(53)23(50)22(27)49/h10-34,37-41,44-53H,3-7H2,1-2H3,(H,35,42)(H,36,43)/t10-,11-,12-,13-,14-,15-,16-,17+,18+,19+,20-,21-,22-,23-,24-,25-,26-,27-,28-,29+,30?,31+,32+,33+,34+/m1/s1. The maximum Gasteiger partial charge on any atom is 0.217 e. The number of amides is 2. The zero-order valence-corrected chi connectivity index (χ0v) is 33.2. The first-order chi connectivity index (χ1) is 29.3. The summed E-state index contributed by atoms with van der Waals surface area (Å²) < 4.78 is 50.7. The lowest BCUT2D eigenvalue weighted by Gasteiger charge is -2.50. The van der Waals surface area contributed by atoms with Crippen LogP contribution in [0.3, 0.4) is 0 Å². The molecule has 1 unspecified atom stereocenters. The molecule has 17 N–H and O–H groups in total. The normalized spacial score (nSPS) is 49.0. The van der Waals surface area contributed by atoms with E-state index in [9.17, 15) is 86.2 Å². The van der Waals surface area contributed by atoms with E-state index in [1.54, 1.807) is 0 Å². The number of hydrogen-bond donors (Lipinski definition) is 17. The van der Waals surface area contributed by atoms with Crippen LogP contribution in [0.1, 0.15) is 13.8 Å². The van der Waals surface area contributed by atoms with Crippen LogP contribution < -0.4 is 10.6 Å². The van der Waals surface area contributed by atoms with Crippen molar-refractivity contribution >= 4 is 11.8 Å². The Bertz CT molecular complexity index is 1440. The highest BCUT2D eigenvalue weighted by molar-refractivity contribution is 5.73. The van der Waals surface area contributed by atoms with Crippen LogP contribution in [0.2, 0.25) is 0 Å². The number of nitrogens with one attached hydrogen (secondary N) is 2. The maximum absolute atomic E-state index is 12.5. The minimum atomic E-state index is -2.10. The molecule has 28 nitrogen and oxygen atoms in total. The maximum atomic E-state index is 12.5. The second-order valence-electron chi connectivity index (χ2n) is 15.4. The van der Waals surface area contributed by atoms with Crippen molar-refractivity contribution in [2.45, 2.75) is 167 Å². The van der Waals surface area contributed by atoms with Gasteiger partial charge in [0.1, 0.15) is 122 Å². The zero-order valence-electron chi connectivity index (χ0n) is 33.2. The number of rotatable bonds is 15. The third-order valence-electron chi connectivity index (χ3n) is 11.1. The van der Waals surface area contributed by atoms with E-state index in [2.05, 4.69) is 10.6 Å². The van der Waals surface area contributed by atoms with Gasteiger partial charge in [0.25, 0.3) is 0 Å². The molecule has 360 valence electrons. The van der Waals surface area contributed by atoms with Crippen molar-refractivity contribution in [1.82, 2.24) is 10.6 Å². The Morgan fingerprint density at radius 3 is 1.15 bits per heavy atom. The lowest BCUT2D eigenvalue weighted by Crippen LogP contribution is -2.70. The molecular formula is C34H58N2O26. The van der Waals surface area contributed by atoms with Crippen molar-refractivity contribution in [2.24, 2.45) is 0 Å². The van der Waals surface area contributed by atoms with Gasteiger partial charge in [0.15, 0.2) is 31.5 Å². The first-order valence-corrected chi connectivity index (χ1v) is 19.6. The molecule has 0 aromatic rings. The molecule has 62 heavy (non-hydrogen) atoms. The minimum Gasteiger partial charge on any atom is -0.394 e. The molecule has 0 aromatic carbocycles. The monoisotopic (exact) mass is 910 g/mol. The molecule has 0 saturated carbocycles. The SMILES string of the molecule is CC(=O)N[C@H]1[C@H](O[C@H]2[C@@H](O)[C@@H](CO)O[C@@H](O[C@H]3[C@H](O)[C@@H](O)C(O)O[C@@H]3CO)[C@@H]2O)O[C@H](CO)[C@@H](O[C@@H]2O[C@H](CO)[C@H](O)[C@@H](O[C@@H]3O[C@H](CO)[C@H](O)[C@H](O)[C@H]3NC(C)=O)[C@H]2O)[C@@H]1O. The van der Waals surface area contributed by atoms with Crippen molar-refractivity contribution < 1.29 is 129 Å². The summed E-state index contributed by atoms with van der Waals surface area (Å²) in [5.74, 6) is -1.55. The second-order valence-corrected chi connectivity index (χ2v) is 15.4. The average Bonchev–Trinajstić information content (AvgIpc) is 3.23. The van der Waals surface area contributed by atoms with Crippen LogP contribution in [0.25, 0.3) is 0 Å². The zero-order chi connectivity index (χ0) is 45.9. The van der Waals surface area contributed by atoms with E-state index in [1.165, 1.54) is 0 Å². The Balaban J connectivity index is 1.37. The summed E-state index contributed by atoms with van der Waals surface area (Å²) in [5, 5.41) is 163. The van der Waals surface area contributed by atoms with Gasteiger partial charge in [-0.15, -0.1) is 0 Å². The van der Waals surface area contributed by atoms with Crippen LogP contribution in [-0.2, 0) is 52.2 Å². The lowest BCUT2D eigenvalue weighted by atomic mass is 9.94. The first kappa shape index (κ1) is 51.0. The fourth-order valence-corrected chi connectivity index (χ4v) is 7.83. The van der Waals surface area contributed by atoms with Crippen LogP contribution in [-0.4, -0.2) is 275 Å². The van der Waals surface area contributed by atoms with Gasteiger partial charge in [0, 0.05) is 13.8 Å². The molecule has 5 heterocycles. The number of carbonyl (C=O) groups is 2. The van der Waals surface area contributed by atoms with Crippen molar-refractivity contribution in [3.8, 4) is 0 Å². The quantitative estimate of drug-likeness (QED) is 0.0725. The van der Waals surface area contributed by atoms with Crippen LogP contribution in [0.4, 0.5) is 0 Å².